The Morgan fingerprint density at radius 3 is 1.87 bits per heavy atom. The molecule has 0 radical (unpaired) electrons. The molecule has 0 aliphatic rings. The van der Waals surface area contributed by atoms with Gasteiger partial charge in [0.05, 0.1) is 12.5 Å². The van der Waals surface area contributed by atoms with E-state index in [2.05, 4.69) is 0 Å². The van der Waals surface area contributed by atoms with Gasteiger partial charge in [-0.2, -0.15) is 43.9 Å². The van der Waals surface area contributed by atoms with Gasteiger partial charge in [0.15, 0.2) is 5.12 Å². The highest BCUT2D eigenvalue weighted by molar-refractivity contribution is 8.13. The van der Waals surface area contributed by atoms with Gasteiger partial charge in [-0.25, -0.2) is 8.78 Å². The van der Waals surface area contributed by atoms with Gasteiger partial charge in [-0.05, 0) is 19.3 Å². The summed E-state index contributed by atoms with van der Waals surface area (Å²) in [7, 11) is 1.44. The smallest absolute Gasteiger partial charge is 0.384 e. The minimum absolute atomic E-state index is 0.0284. The van der Waals surface area contributed by atoms with Crippen molar-refractivity contribution in [2.45, 2.75) is 82.0 Å². The Kier molecular flexibility index (Phi) is 13.8. The summed E-state index contributed by atoms with van der Waals surface area (Å²) < 4.78 is 168. The minimum atomic E-state index is -7.56. The van der Waals surface area contributed by atoms with Crippen molar-refractivity contribution >= 4 is 22.8 Å². The van der Waals surface area contributed by atoms with E-state index in [1.165, 1.54) is 14.0 Å². The van der Waals surface area contributed by atoms with Crippen molar-refractivity contribution < 1.29 is 71.7 Å². The molecule has 226 valence electrons. The van der Waals surface area contributed by atoms with Crippen molar-refractivity contribution in [1.29, 1.82) is 0 Å². The molecule has 38 heavy (non-hydrogen) atoms. The van der Waals surface area contributed by atoms with Crippen molar-refractivity contribution in [1.82, 2.24) is 0 Å². The molecule has 0 aromatic carbocycles. The zero-order valence-electron chi connectivity index (χ0n) is 20.5. The Morgan fingerprint density at radius 2 is 1.39 bits per heavy atom. The number of methoxy groups -OCH3 is 1. The van der Waals surface area contributed by atoms with Gasteiger partial charge in [0, 0.05) is 38.2 Å². The molecule has 0 aliphatic heterocycles. The van der Waals surface area contributed by atoms with Crippen molar-refractivity contribution in [3.05, 3.63) is 0 Å². The molecule has 0 bridgehead atoms. The average molecular weight is 604 g/mol. The summed E-state index contributed by atoms with van der Waals surface area (Å²) in [4.78, 5) is 24.3. The molecular weight excluding hydrogens is 576 g/mol. The molecule has 0 spiro atoms. The number of esters is 1. The molecule has 0 rings (SSSR count). The number of carbonyl (C=O) groups is 2. The van der Waals surface area contributed by atoms with E-state index in [4.69, 9.17) is 9.47 Å². The first-order chi connectivity index (χ1) is 17.2. The topological polar surface area (TPSA) is 52.6 Å². The van der Waals surface area contributed by atoms with Gasteiger partial charge in [-0.15, -0.1) is 0 Å². The van der Waals surface area contributed by atoms with Crippen LogP contribution in [0.15, 0.2) is 0 Å². The first kappa shape index (κ1) is 36.6. The third-order valence-electron chi connectivity index (χ3n) is 5.42. The van der Waals surface area contributed by atoms with Crippen LogP contribution in [-0.2, 0) is 19.1 Å². The maximum Gasteiger partial charge on any atom is 0.384 e. The molecule has 0 aromatic heterocycles. The second-order valence-electron chi connectivity index (χ2n) is 8.38. The van der Waals surface area contributed by atoms with Crippen LogP contribution >= 0.6 is 11.8 Å². The predicted octanol–water partition coefficient (Wildman–Crippen LogP) is 7.10. The number of rotatable bonds is 18. The molecule has 4 nitrogen and oxygen atoms in total. The Morgan fingerprint density at radius 1 is 0.842 bits per heavy atom. The van der Waals surface area contributed by atoms with E-state index in [0.29, 0.717) is 24.8 Å². The summed E-state index contributed by atoms with van der Waals surface area (Å²) in [5, 5.41) is -0.671. The lowest BCUT2D eigenvalue weighted by Crippen LogP contribution is -2.68. The number of thioether (sulfide) groups is 1. The van der Waals surface area contributed by atoms with Gasteiger partial charge in [0.2, 0.25) is 0 Å². The number of hydrogen-bond donors (Lipinski definition) is 0. The first-order valence-electron chi connectivity index (χ1n) is 11.1. The van der Waals surface area contributed by atoms with Crippen LogP contribution in [0.5, 0.6) is 0 Å². The lowest BCUT2D eigenvalue weighted by atomic mass is 9.92. The molecule has 0 heterocycles. The maximum atomic E-state index is 13.8. The number of carbonyl (C=O) groups excluding carboxylic acids is 2. The summed E-state index contributed by atoms with van der Waals surface area (Å²) in [6, 6.07) is 0. The molecule has 0 N–H and O–H groups in total. The van der Waals surface area contributed by atoms with Gasteiger partial charge in [-0.1, -0.05) is 25.6 Å². The normalized spacial score (nSPS) is 15.5. The number of halogens is 12. The predicted molar refractivity (Wildman–Crippen MR) is 112 cm³/mol. The molecule has 0 amide bonds. The van der Waals surface area contributed by atoms with Crippen LogP contribution in [0.1, 0.15) is 46.0 Å². The zero-order valence-corrected chi connectivity index (χ0v) is 21.3. The maximum absolute atomic E-state index is 13.8. The zero-order chi connectivity index (χ0) is 30.2. The van der Waals surface area contributed by atoms with Gasteiger partial charge >= 0.3 is 42.0 Å². The standard InChI is InChI=1S/C21H28F12O4S/c1-4-13(11-12(2)14(34)37-9-6-8-36-3)15(35)38-10-5-7-17(24,25)19(28,29)21(32,33)20(30,31)18(26,27)16(22)23/h12-13,16H,4-11H2,1-3H3. The summed E-state index contributed by atoms with van der Waals surface area (Å²) in [5.74, 6) is -38.2. The number of alkyl halides is 12. The van der Waals surface area contributed by atoms with Gasteiger partial charge in [-0.3, -0.25) is 9.59 Å². The Labute approximate surface area is 215 Å². The first-order valence-corrected chi connectivity index (χ1v) is 12.1. The Balaban J connectivity index is 5.11. The summed E-state index contributed by atoms with van der Waals surface area (Å²) in [5.41, 5.74) is 0. The third-order valence-corrected chi connectivity index (χ3v) is 6.53. The van der Waals surface area contributed by atoms with Crippen molar-refractivity contribution in [3.8, 4) is 0 Å². The van der Waals surface area contributed by atoms with Crippen LogP contribution in [0.2, 0.25) is 0 Å². The fourth-order valence-corrected chi connectivity index (χ4v) is 3.97. The van der Waals surface area contributed by atoms with Crippen LogP contribution in [-0.4, -0.2) is 73.2 Å². The lowest BCUT2D eigenvalue weighted by molar-refractivity contribution is -0.413. The Bertz CT molecular complexity index is 764. The summed E-state index contributed by atoms with van der Waals surface area (Å²) in [6.45, 7) is 3.39. The summed E-state index contributed by atoms with van der Waals surface area (Å²) in [6.07, 6.45) is -8.39. The molecule has 0 saturated heterocycles. The van der Waals surface area contributed by atoms with Crippen LogP contribution in [0, 0.1) is 11.8 Å². The number of hydrogen-bond acceptors (Lipinski definition) is 5. The van der Waals surface area contributed by atoms with E-state index in [1.807, 2.05) is 0 Å². The minimum Gasteiger partial charge on any atom is -0.465 e. The average Bonchev–Trinajstić information content (AvgIpc) is 2.81. The largest absolute Gasteiger partial charge is 0.465 e. The fraction of sp³-hybridized carbons (Fsp3) is 0.905. The van der Waals surface area contributed by atoms with E-state index in [-0.39, 0.29) is 19.4 Å². The second-order valence-corrected chi connectivity index (χ2v) is 9.48. The van der Waals surface area contributed by atoms with Crippen molar-refractivity contribution in [2.75, 3.05) is 26.1 Å². The van der Waals surface area contributed by atoms with Crippen LogP contribution in [0.3, 0.4) is 0 Å². The fourth-order valence-electron chi connectivity index (χ4n) is 2.99. The molecule has 0 fully saturated rings. The van der Waals surface area contributed by atoms with Gasteiger partial charge < -0.3 is 9.47 Å². The van der Waals surface area contributed by atoms with Crippen LogP contribution < -0.4 is 0 Å². The third kappa shape index (κ3) is 8.31. The quantitative estimate of drug-likeness (QED) is 0.0950. The molecule has 0 aliphatic carbocycles. The Hall–Kier alpha value is -1.39. The van der Waals surface area contributed by atoms with Gasteiger partial charge in [0.25, 0.3) is 0 Å². The second kappa shape index (κ2) is 14.3. The lowest BCUT2D eigenvalue weighted by Gasteiger charge is -2.39. The highest BCUT2D eigenvalue weighted by Crippen LogP contribution is 2.58. The van der Waals surface area contributed by atoms with E-state index < -0.39 is 77.6 Å². The van der Waals surface area contributed by atoms with E-state index in [1.54, 1.807) is 6.92 Å². The van der Waals surface area contributed by atoms with E-state index >= 15 is 0 Å². The van der Waals surface area contributed by atoms with Crippen LogP contribution in [0.4, 0.5) is 52.7 Å². The highest BCUT2D eigenvalue weighted by Gasteiger charge is 2.87. The number of ether oxygens (including phenoxy) is 2. The highest BCUT2D eigenvalue weighted by atomic mass is 32.2. The molecule has 2 atom stereocenters. The van der Waals surface area contributed by atoms with Crippen molar-refractivity contribution in [3.63, 3.8) is 0 Å². The van der Waals surface area contributed by atoms with E-state index in [0.717, 1.165) is 0 Å². The molecule has 0 aromatic rings. The SMILES string of the molecule is CCC(CC(C)C(=O)OCCCOC)C(=O)SCCCC(F)(F)C(F)(F)C(F)(F)C(F)(F)C(F)(F)C(F)F. The molecular formula is C21H28F12O4S. The molecule has 0 saturated carbocycles. The molecule has 17 heteroatoms. The monoisotopic (exact) mass is 604 g/mol. The molecule has 2 unspecified atom stereocenters. The van der Waals surface area contributed by atoms with Gasteiger partial charge in [0.1, 0.15) is 0 Å². The summed E-state index contributed by atoms with van der Waals surface area (Å²) >= 11 is 0.319. The van der Waals surface area contributed by atoms with E-state index in [9.17, 15) is 62.3 Å². The van der Waals surface area contributed by atoms with Crippen LogP contribution in [0.25, 0.3) is 0 Å². The van der Waals surface area contributed by atoms with Crippen molar-refractivity contribution in [2.24, 2.45) is 11.8 Å².